The van der Waals surface area contributed by atoms with E-state index in [1.165, 1.54) is 0 Å². The maximum absolute atomic E-state index is 11.0. The van der Waals surface area contributed by atoms with Gasteiger partial charge in [0, 0.05) is 13.7 Å². The number of benzene rings is 1. The topological polar surface area (TPSA) is 58.6 Å². The third-order valence-electron chi connectivity index (χ3n) is 2.28. The lowest BCUT2D eigenvalue weighted by atomic mass is 10.1. The number of hydrogen-bond donors (Lipinski definition) is 2. The number of carbonyl (C=O) groups is 1. The molecule has 0 aliphatic heterocycles. The maximum Gasteiger partial charge on any atom is 0.321 e. The van der Waals surface area contributed by atoms with Crippen molar-refractivity contribution in [3.63, 3.8) is 0 Å². The Labute approximate surface area is 95.2 Å². The van der Waals surface area contributed by atoms with Crippen molar-refractivity contribution >= 4 is 5.97 Å². The smallest absolute Gasteiger partial charge is 0.321 e. The summed E-state index contributed by atoms with van der Waals surface area (Å²) < 4.78 is 4.87. The Hall–Kier alpha value is -1.39. The van der Waals surface area contributed by atoms with Gasteiger partial charge in [-0.2, -0.15) is 0 Å². The van der Waals surface area contributed by atoms with Crippen LogP contribution in [0.4, 0.5) is 0 Å². The number of aliphatic carboxylic acids is 1. The van der Waals surface area contributed by atoms with E-state index >= 15 is 0 Å². The molecule has 1 unspecified atom stereocenters. The highest BCUT2D eigenvalue weighted by molar-refractivity contribution is 5.73. The molecule has 4 heteroatoms. The van der Waals surface area contributed by atoms with Crippen molar-refractivity contribution in [3.8, 4) is 0 Å². The van der Waals surface area contributed by atoms with Gasteiger partial charge in [-0.05, 0) is 12.0 Å². The molecule has 0 bridgehead atoms. The van der Waals surface area contributed by atoms with Gasteiger partial charge in [0.25, 0.3) is 0 Å². The van der Waals surface area contributed by atoms with Crippen LogP contribution < -0.4 is 5.32 Å². The highest BCUT2D eigenvalue weighted by Crippen LogP contribution is 2.03. The fourth-order valence-electron chi connectivity index (χ4n) is 1.43. The standard InChI is InChI=1S/C12H17NO3/c1-16-8-7-13-11(12(14)15)9-10-5-3-2-4-6-10/h2-6,11,13H,7-9H2,1H3,(H,14,15). The molecule has 0 aromatic heterocycles. The van der Waals surface area contributed by atoms with Crippen LogP contribution in [0.1, 0.15) is 5.56 Å². The molecule has 0 aliphatic rings. The van der Waals surface area contributed by atoms with Crippen molar-refractivity contribution in [2.24, 2.45) is 0 Å². The minimum atomic E-state index is -0.833. The molecule has 0 saturated carbocycles. The zero-order valence-corrected chi connectivity index (χ0v) is 9.35. The lowest BCUT2D eigenvalue weighted by Gasteiger charge is -2.14. The van der Waals surface area contributed by atoms with Crippen LogP contribution >= 0.6 is 0 Å². The molecule has 0 fully saturated rings. The summed E-state index contributed by atoms with van der Waals surface area (Å²) in [5.41, 5.74) is 1.01. The Morgan fingerprint density at radius 1 is 1.44 bits per heavy atom. The van der Waals surface area contributed by atoms with Crippen molar-refractivity contribution in [1.82, 2.24) is 5.32 Å². The van der Waals surface area contributed by atoms with E-state index in [9.17, 15) is 4.79 Å². The molecule has 0 spiro atoms. The molecule has 0 radical (unpaired) electrons. The van der Waals surface area contributed by atoms with Gasteiger partial charge >= 0.3 is 5.97 Å². The number of carboxylic acid groups (broad SMARTS) is 1. The molecule has 1 rings (SSSR count). The minimum Gasteiger partial charge on any atom is -0.480 e. The van der Waals surface area contributed by atoms with Crippen LogP contribution in [0, 0.1) is 0 Å². The summed E-state index contributed by atoms with van der Waals surface area (Å²) in [6.07, 6.45) is 0.486. The van der Waals surface area contributed by atoms with E-state index in [4.69, 9.17) is 9.84 Å². The molecule has 2 N–H and O–H groups in total. The molecule has 88 valence electrons. The highest BCUT2D eigenvalue weighted by Gasteiger charge is 2.16. The van der Waals surface area contributed by atoms with Crippen LogP contribution in [0.25, 0.3) is 0 Å². The molecule has 1 atom stereocenters. The van der Waals surface area contributed by atoms with E-state index in [1.807, 2.05) is 30.3 Å². The van der Waals surface area contributed by atoms with Crippen molar-refractivity contribution in [3.05, 3.63) is 35.9 Å². The van der Waals surface area contributed by atoms with Gasteiger partial charge in [0.05, 0.1) is 6.61 Å². The minimum absolute atomic E-state index is 0.486. The lowest BCUT2D eigenvalue weighted by Crippen LogP contribution is -2.40. The Bertz CT molecular complexity index is 313. The first-order valence-electron chi connectivity index (χ1n) is 5.23. The second-order valence-corrected chi connectivity index (χ2v) is 3.53. The largest absolute Gasteiger partial charge is 0.480 e. The van der Waals surface area contributed by atoms with Gasteiger partial charge in [-0.1, -0.05) is 30.3 Å². The molecule has 0 aliphatic carbocycles. The fourth-order valence-corrected chi connectivity index (χ4v) is 1.43. The number of carboxylic acids is 1. The van der Waals surface area contributed by atoms with Crippen LogP contribution in [0.2, 0.25) is 0 Å². The molecule has 4 nitrogen and oxygen atoms in total. The Morgan fingerprint density at radius 3 is 2.69 bits per heavy atom. The first-order chi connectivity index (χ1) is 7.74. The molecular formula is C12H17NO3. The first-order valence-corrected chi connectivity index (χ1v) is 5.23. The monoisotopic (exact) mass is 223 g/mol. The summed E-state index contributed by atoms with van der Waals surface area (Å²) in [5.74, 6) is -0.833. The van der Waals surface area contributed by atoms with Gasteiger partial charge in [0.1, 0.15) is 6.04 Å². The summed E-state index contributed by atoms with van der Waals surface area (Å²) in [6, 6.07) is 9.02. The highest BCUT2D eigenvalue weighted by atomic mass is 16.5. The van der Waals surface area contributed by atoms with E-state index in [2.05, 4.69) is 5.32 Å². The van der Waals surface area contributed by atoms with E-state index in [0.717, 1.165) is 5.56 Å². The van der Waals surface area contributed by atoms with E-state index in [0.29, 0.717) is 19.6 Å². The zero-order valence-electron chi connectivity index (χ0n) is 9.35. The number of hydrogen-bond acceptors (Lipinski definition) is 3. The normalized spacial score (nSPS) is 12.3. The van der Waals surface area contributed by atoms with E-state index in [-0.39, 0.29) is 0 Å². The van der Waals surface area contributed by atoms with Crippen LogP contribution in [0.15, 0.2) is 30.3 Å². The van der Waals surface area contributed by atoms with Gasteiger partial charge in [0.15, 0.2) is 0 Å². The Kier molecular flexibility index (Phi) is 5.53. The summed E-state index contributed by atoms with van der Waals surface area (Å²) in [7, 11) is 1.59. The van der Waals surface area contributed by atoms with E-state index < -0.39 is 12.0 Å². The Balaban J connectivity index is 2.48. The van der Waals surface area contributed by atoms with E-state index in [1.54, 1.807) is 7.11 Å². The third-order valence-corrected chi connectivity index (χ3v) is 2.28. The van der Waals surface area contributed by atoms with Gasteiger partial charge < -0.3 is 15.2 Å². The quantitative estimate of drug-likeness (QED) is 0.675. The second kappa shape index (κ2) is 6.98. The summed E-state index contributed by atoms with van der Waals surface area (Å²) >= 11 is 0. The van der Waals surface area contributed by atoms with Gasteiger partial charge in [-0.25, -0.2) is 0 Å². The van der Waals surface area contributed by atoms with Crippen molar-refractivity contribution in [2.45, 2.75) is 12.5 Å². The molecule has 16 heavy (non-hydrogen) atoms. The summed E-state index contributed by atoms with van der Waals surface area (Å²) in [5, 5.41) is 12.0. The fraction of sp³-hybridized carbons (Fsp3) is 0.417. The lowest BCUT2D eigenvalue weighted by molar-refractivity contribution is -0.139. The zero-order chi connectivity index (χ0) is 11.8. The SMILES string of the molecule is COCCNC(Cc1ccccc1)C(=O)O. The van der Waals surface area contributed by atoms with Gasteiger partial charge in [0.2, 0.25) is 0 Å². The van der Waals surface area contributed by atoms with Crippen molar-refractivity contribution in [2.75, 3.05) is 20.3 Å². The molecule has 1 aromatic carbocycles. The predicted molar refractivity (Wildman–Crippen MR) is 61.4 cm³/mol. The predicted octanol–water partition coefficient (Wildman–Crippen LogP) is 0.918. The maximum atomic E-state index is 11.0. The summed E-state index contributed by atoms with van der Waals surface area (Å²) in [6.45, 7) is 1.05. The van der Waals surface area contributed by atoms with Crippen molar-refractivity contribution < 1.29 is 14.6 Å². The van der Waals surface area contributed by atoms with Gasteiger partial charge in [-0.15, -0.1) is 0 Å². The molecule has 0 heterocycles. The molecule has 1 aromatic rings. The van der Waals surface area contributed by atoms with Crippen molar-refractivity contribution in [1.29, 1.82) is 0 Å². The number of methoxy groups -OCH3 is 1. The molecule has 0 saturated heterocycles. The average Bonchev–Trinajstić information content (AvgIpc) is 2.29. The van der Waals surface area contributed by atoms with Crippen LogP contribution in [0.5, 0.6) is 0 Å². The number of nitrogens with one attached hydrogen (secondary N) is 1. The number of ether oxygens (including phenoxy) is 1. The average molecular weight is 223 g/mol. The van der Waals surface area contributed by atoms with Crippen LogP contribution in [0.3, 0.4) is 0 Å². The Morgan fingerprint density at radius 2 is 2.12 bits per heavy atom. The van der Waals surface area contributed by atoms with Crippen LogP contribution in [-0.4, -0.2) is 37.4 Å². The molecular weight excluding hydrogens is 206 g/mol. The van der Waals surface area contributed by atoms with Gasteiger partial charge in [-0.3, -0.25) is 4.79 Å². The van der Waals surface area contributed by atoms with Crippen LogP contribution in [-0.2, 0) is 16.0 Å². The first kappa shape index (κ1) is 12.7. The number of rotatable bonds is 7. The molecule has 0 amide bonds. The third kappa shape index (κ3) is 4.42. The summed E-state index contributed by atoms with van der Waals surface area (Å²) in [4.78, 5) is 11.0. The second-order valence-electron chi connectivity index (χ2n) is 3.53.